The molecule has 0 unspecified atom stereocenters. The fourth-order valence-corrected chi connectivity index (χ4v) is 2.20. The smallest absolute Gasteiger partial charge is 0.231 e. The Morgan fingerprint density at radius 2 is 1.71 bits per heavy atom. The summed E-state index contributed by atoms with van der Waals surface area (Å²) in [6, 6.07) is 7.30. The molecule has 0 fully saturated rings. The molecule has 1 aromatic carbocycles. The number of nitrogens with two attached hydrogens (primary N) is 1. The van der Waals surface area contributed by atoms with Crippen LogP contribution in [0.25, 0.3) is 0 Å². The van der Waals surface area contributed by atoms with Gasteiger partial charge in [-0.25, -0.2) is 0 Å². The van der Waals surface area contributed by atoms with Gasteiger partial charge in [-0.2, -0.15) is 0 Å². The van der Waals surface area contributed by atoms with Gasteiger partial charge in [0.1, 0.15) is 0 Å². The maximum absolute atomic E-state index is 12.4. The lowest BCUT2D eigenvalue weighted by Crippen LogP contribution is -2.41. The monoisotopic (exact) mass is 291 g/mol. The van der Waals surface area contributed by atoms with Crippen molar-refractivity contribution in [2.45, 2.75) is 33.1 Å². The molecule has 0 spiro atoms. The molecule has 116 valence electrons. The summed E-state index contributed by atoms with van der Waals surface area (Å²) in [6.45, 7) is 4.28. The van der Waals surface area contributed by atoms with Crippen molar-refractivity contribution in [3.63, 3.8) is 0 Å². The molecule has 1 rings (SSSR count). The van der Waals surface area contributed by atoms with E-state index in [1.165, 1.54) is 0 Å². The van der Waals surface area contributed by atoms with E-state index in [0.717, 1.165) is 11.3 Å². The predicted molar refractivity (Wildman–Crippen MR) is 84.9 cm³/mol. The molecule has 1 aromatic rings. The average molecular weight is 291 g/mol. The molecule has 0 heterocycles. The van der Waals surface area contributed by atoms with Crippen molar-refractivity contribution in [1.82, 2.24) is 5.32 Å². The maximum Gasteiger partial charge on any atom is 0.231 e. The lowest BCUT2D eigenvalue weighted by Gasteiger charge is -2.28. The highest BCUT2D eigenvalue weighted by molar-refractivity contribution is 5.95. The van der Waals surface area contributed by atoms with Crippen LogP contribution in [0.4, 0.5) is 5.69 Å². The van der Waals surface area contributed by atoms with Gasteiger partial charge in [0.05, 0.1) is 11.8 Å². The van der Waals surface area contributed by atoms with Gasteiger partial charge < -0.3 is 16.4 Å². The summed E-state index contributed by atoms with van der Waals surface area (Å²) < 4.78 is 0. The zero-order valence-electron chi connectivity index (χ0n) is 13.0. The molecule has 0 atom stereocenters. The third-order valence-corrected chi connectivity index (χ3v) is 4.08. The van der Waals surface area contributed by atoms with Crippen LogP contribution in [0.15, 0.2) is 24.3 Å². The number of benzene rings is 1. The number of carbonyl (C=O) groups is 2. The second-order valence-electron chi connectivity index (χ2n) is 5.19. The summed E-state index contributed by atoms with van der Waals surface area (Å²) >= 11 is 0. The van der Waals surface area contributed by atoms with Crippen LogP contribution >= 0.6 is 0 Å². The molecule has 0 aliphatic heterocycles. The number of nitrogens with one attached hydrogen (secondary N) is 2. The summed E-state index contributed by atoms with van der Waals surface area (Å²) in [7, 11) is 1.61. The molecule has 0 saturated heterocycles. The number of rotatable bonds is 7. The van der Waals surface area contributed by atoms with E-state index in [1.807, 2.05) is 38.1 Å². The minimum Gasteiger partial charge on any atom is -0.359 e. The normalized spacial score (nSPS) is 11.0. The number of carbonyl (C=O) groups excluding carboxylic acids is 2. The van der Waals surface area contributed by atoms with Gasteiger partial charge in [0.2, 0.25) is 11.8 Å². The highest BCUT2D eigenvalue weighted by Crippen LogP contribution is 2.27. The Hall–Kier alpha value is -1.88. The Labute approximate surface area is 126 Å². The quantitative estimate of drug-likeness (QED) is 0.714. The molecule has 0 saturated carbocycles. The summed E-state index contributed by atoms with van der Waals surface area (Å²) in [5, 5.41) is 5.49. The zero-order valence-corrected chi connectivity index (χ0v) is 13.0. The second kappa shape index (κ2) is 7.78. The van der Waals surface area contributed by atoms with Crippen molar-refractivity contribution >= 4 is 17.5 Å². The zero-order chi connectivity index (χ0) is 15.9. The van der Waals surface area contributed by atoms with Gasteiger partial charge >= 0.3 is 0 Å². The van der Waals surface area contributed by atoms with E-state index in [2.05, 4.69) is 10.6 Å². The molecule has 0 aliphatic rings. The Kier molecular flexibility index (Phi) is 6.37. The minimum atomic E-state index is -0.513. The number of amides is 2. The molecular formula is C16H25N3O2. The van der Waals surface area contributed by atoms with Gasteiger partial charge in [-0.05, 0) is 30.5 Å². The molecule has 4 N–H and O–H groups in total. The van der Waals surface area contributed by atoms with Crippen LogP contribution in [0, 0.1) is 5.41 Å². The van der Waals surface area contributed by atoms with E-state index >= 15 is 0 Å². The summed E-state index contributed by atoms with van der Waals surface area (Å²) in [5.41, 5.74) is 6.89. The van der Waals surface area contributed by atoms with E-state index in [9.17, 15) is 9.59 Å². The summed E-state index contributed by atoms with van der Waals surface area (Å²) in [4.78, 5) is 23.7. The van der Waals surface area contributed by atoms with E-state index in [0.29, 0.717) is 25.8 Å². The summed E-state index contributed by atoms with van der Waals surface area (Å²) in [5.74, 6) is -0.0834. The van der Waals surface area contributed by atoms with Crippen LogP contribution in [-0.4, -0.2) is 25.4 Å². The molecule has 5 nitrogen and oxygen atoms in total. The SMILES string of the molecule is CCC(CC)(CN)C(=O)Nc1ccc(CC(=O)NC)cc1. The van der Waals surface area contributed by atoms with Crippen LogP contribution in [0.1, 0.15) is 32.3 Å². The van der Waals surface area contributed by atoms with Crippen molar-refractivity contribution in [1.29, 1.82) is 0 Å². The number of likely N-dealkylation sites (N-methyl/N-ethyl adjacent to an activating group) is 1. The first-order chi connectivity index (χ1) is 10.0. The third kappa shape index (κ3) is 4.29. The molecule has 0 radical (unpaired) electrons. The van der Waals surface area contributed by atoms with E-state index in [4.69, 9.17) is 5.73 Å². The van der Waals surface area contributed by atoms with Crippen molar-refractivity contribution in [3.05, 3.63) is 29.8 Å². The number of hydrogen-bond donors (Lipinski definition) is 3. The Morgan fingerprint density at radius 1 is 1.14 bits per heavy atom. The third-order valence-electron chi connectivity index (χ3n) is 4.08. The highest BCUT2D eigenvalue weighted by atomic mass is 16.2. The van der Waals surface area contributed by atoms with Crippen molar-refractivity contribution in [2.24, 2.45) is 11.1 Å². The van der Waals surface area contributed by atoms with Crippen LogP contribution in [-0.2, 0) is 16.0 Å². The molecule has 0 aliphatic carbocycles. The van der Waals surface area contributed by atoms with Gasteiger partial charge in [0, 0.05) is 19.3 Å². The van der Waals surface area contributed by atoms with Crippen molar-refractivity contribution < 1.29 is 9.59 Å². The van der Waals surface area contributed by atoms with E-state index < -0.39 is 5.41 Å². The lowest BCUT2D eigenvalue weighted by molar-refractivity contribution is -0.125. The Morgan fingerprint density at radius 3 is 2.14 bits per heavy atom. The van der Waals surface area contributed by atoms with E-state index in [-0.39, 0.29) is 11.8 Å². The Balaban J connectivity index is 2.75. The van der Waals surface area contributed by atoms with Crippen molar-refractivity contribution in [2.75, 3.05) is 18.9 Å². The number of anilines is 1. The first-order valence-electron chi connectivity index (χ1n) is 7.32. The van der Waals surface area contributed by atoms with Gasteiger partial charge in [-0.1, -0.05) is 26.0 Å². The molecule has 0 aromatic heterocycles. The highest BCUT2D eigenvalue weighted by Gasteiger charge is 2.33. The van der Waals surface area contributed by atoms with Gasteiger partial charge in [-0.15, -0.1) is 0 Å². The molecule has 21 heavy (non-hydrogen) atoms. The molecule has 0 bridgehead atoms. The maximum atomic E-state index is 12.4. The first-order valence-corrected chi connectivity index (χ1v) is 7.32. The van der Waals surface area contributed by atoms with Crippen LogP contribution in [0.5, 0.6) is 0 Å². The van der Waals surface area contributed by atoms with Crippen LogP contribution in [0.2, 0.25) is 0 Å². The van der Waals surface area contributed by atoms with E-state index in [1.54, 1.807) is 7.05 Å². The Bertz CT molecular complexity index is 471. The average Bonchev–Trinajstić information content (AvgIpc) is 2.51. The summed E-state index contributed by atoms with van der Waals surface area (Å²) in [6.07, 6.45) is 1.75. The predicted octanol–water partition coefficient (Wildman–Crippen LogP) is 1.68. The number of hydrogen-bond acceptors (Lipinski definition) is 3. The topological polar surface area (TPSA) is 84.2 Å². The van der Waals surface area contributed by atoms with Crippen molar-refractivity contribution in [3.8, 4) is 0 Å². The first kappa shape index (κ1) is 17.2. The standard InChI is InChI=1S/C16H25N3O2/c1-4-16(5-2,11-17)15(21)19-13-8-6-12(7-9-13)10-14(20)18-3/h6-9H,4-5,10-11,17H2,1-3H3,(H,18,20)(H,19,21). The fraction of sp³-hybridized carbons (Fsp3) is 0.500. The van der Waals surface area contributed by atoms with Gasteiger partial charge in [-0.3, -0.25) is 9.59 Å². The molecule has 5 heteroatoms. The van der Waals surface area contributed by atoms with Gasteiger partial charge in [0.15, 0.2) is 0 Å². The molecular weight excluding hydrogens is 266 g/mol. The van der Waals surface area contributed by atoms with Crippen LogP contribution in [0.3, 0.4) is 0 Å². The molecule has 2 amide bonds. The minimum absolute atomic E-state index is 0.0362. The van der Waals surface area contributed by atoms with Gasteiger partial charge in [0.25, 0.3) is 0 Å². The largest absolute Gasteiger partial charge is 0.359 e. The van der Waals surface area contributed by atoms with Crippen LogP contribution < -0.4 is 16.4 Å². The fourth-order valence-electron chi connectivity index (χ4n) is 2.20. The lowest BCUT2D eigenvalue weighted by atomic mass is 9.81. The second-order valence-corrected chi connectivity index (χ2v) is 5.19.